The monoisotopic (exact) mass is 243 g/mol. The van der Waals surface area contributed by atoms with Crippen molar-refractivity contribution in [3.8, 4) is 0 Å². The van der Waals surface area contributed by atoms with Crippen molar-refractivity contribution in [1.29, 1.82) is 0 Å². The predicted octanol–water partition coefficient (Wildman–Crippen LogP) is 0.978. The lowest BCUT2D eigenvalue weighted by atomic mass is 9.95. The van der Waals surface area contributed by atoms with Gasteiger partial charge in [0.05, 0.1) is 6.17 Å². The van der Waals surface area contributed by atoms with Crippen molar-refractivity contribution in [2.24, 2.45) is 11.8 Å². The summed E-state index contributed by atoms with van der Waals surface area (Å²) in [5, 5.41) is 3.70. The van der Waals surface area contributed by atoms with Gasteiger partial charge in [-0.1, -0.05) is 30.3 Å². The van der Waals surface area contributed by atoms with E-state index in [1.54, 1.807) is 0 Å². The van der Waals surface area contributed by atoms with E-state index >= 15 is 0 Å². The molecule has 3 heteroatoms. The SMILES string of the molecule is CN1C[C@@H]2CN(Cc3ccccc3)[C@@H]3CNC1[C@H]23. The first-order valence-electron chi connectivity index (χ1n) is 7.04. The zero-order chi connectivity index (χ0) is 12.1. The average Bonchev–Trinajstić information content (AvgIpc) is 3.01. The predicted molar refractivity (Wildman–Crippen MR) is 72.0 cm³/mol. The lowest BCUT2D eigenvalue weighted by Gasteiger charge is -2.24. The molecule has 3 nitrogen and oxygen atoms in total. The van der Waals surface area contributed by atoms with E-state index in [2.05, 4.69) is 52.5 Å². The summed E-state index contributed by atoms with van der Waals surface area (Å²) in [6, 6.07) is 11.7. The standard InChI is InChI=1S/C15H21N3/c1-17-9-12-10-18(8-11-5-3-2-4-6-11)13-7-16-15(17)14(12)13/h2-6,12-16H,7-10H2,1H3/t12-,13-,14-,15?/m1/s1. The molecule has 0 radical (unpaired) electrons. The Labute approximate surface area is 109 Å². The summed E-state index contributed by atoms with van der Waals surface area (Å²) in [6.07, 6.45) is 0.640. The molecule has 1 aromatic carbocycles. The first-order valence-corrected chi connectivity index (χ1v) is 7.04. The number of nitrogens with one attached hydrogen (secondary N) is 1. The molecule has 0 bridgehead atoms. The van der Waals surface area contributed by atoms with Gasteiger partial charge < -0.3 is 0 Å². The second-order valence-electron chi connectivity index (χ2n) is 6.11. The second-order valence-corrected chi connectivity index (χ2v) is 6.11. The molecule has 4 rings (SSSR count). The fourth-order valence-corrected chi connectivity index (χ4v) is 4.34. The minimum Gasteiger partial charge on any atom is -0.300 e. The Morgan fingerprint density at radius 2 is 2.06 bits per heavy atom. The highest BCUT2D eigenvalue weighted by Crippen LogP contribution is 2.42. The molecule has 1 N–H and O–H groups in total. The molecule has 3 heterocycles. The van der Waals surface area contributed by atoms with Gasteiger partial charge in [0.25, 0.3) is 0 Å². The quantitative estimate of drug-likeness (QED) is 0.835. The molecule has 18 heavy (non-hydrogen) atoms. The van der Waals surface area contributed by atoms with E-state index in [9.17, 15) is 0 Å². The largest absolute Gasteiger partial charge is 0.300 e. The highest BCUT2D eigenvalue weighted by molar-refractivity contribution is 5.16. The number of hydrogen-bond donors (Lipinski definition) is 1. The summed E-state index contributed by atoms with van der Waals surface area (Å²) in [5.41, 5.74) is 1.45. The maximum atomic E-state index is 3.70. The van der Waals surface area contributed by atoms with Gasteiger partial charge >= 0.3 is 0 Å². The van der Waals surface area contributed by atoms with Gasteiger partial charge in [-0.3, -0.25) is 15.1 Å². The molecule has 0 spiro atoms. The van der Waals surface area contributed by atoms with E-state index in [0.717, 1.165) is 24.4 Å². The molecule has 96 valence electrons. The van der Waals surface area contributed by atoms with E-state index in [0.29, 0.717) is 6.17 Å². The van der Waals surface area contributed by atoms with Crippen molar-refractivity contribution >= 4 is 0 Å². The van der Waals surface area contributed by atoms with Gasteiger partial charge in [0.15, 0.2) is 0 Å². The van der Waals surface area contributed by atoms with Crippen LogP contribution >= 0.6 is 0 Å². The Hall–Kier alpha value is -0.900. The van der Waals surface area contributed by atoms with E-state index in [4.69, 9.17) is 0 Å². The molecule has 3 saturated heterocycles. The molecule has 0 aliphatic carbocycles. The summed E-state index contributed by atoms with van der Waals surface area (Å²) >= 11 is 0. The summed E-state index contributed by atoms with van der Waals surface area (Å²) in [5.74, 6) is 1.74. The molecular formula is C15H21N3. The number of likely N-dealkylation sites (tertiary alicyclic amines) is 2. The molecule has 3 aliphatic rings. The third kappa shape index (κ3) is 1.54. The van der Waals surface area contributed by atoms with Gasteiger partial charge in [-0.05, 0) is 18.5 Å². The number of rotatable bonds is 2. The summed E-state index contributed by atoms with van der Waals surface area (Å²) in [6.45, 7) is 4.84. The Kier molecular flexibility index (Phi) is 2.47. The third-order valence-corrected chi connectivity index (χ3v) is 5.05. The van der Waals surface area contributed by atoms with Crippen molar-refractivity contribution in [3.05, 3.63) is 35.9 Å². The molecule has 0 amide bonds. The minimum atomic E-state index is 0.640. The maximum Gasteiger partial charge on any atom is 0.0643 e. The van der Waals surface area contributed by atoms with Crippen molar-refractivity contribution < 1.29 is 0 Å². The van der Waals surface area contributed by atoms with Crippen molar-refractivity contribution in [2.45, 2.75) is 18.8 Å². The molecule has 3 fully saturated rings. The first kappa shape index (κ1) is 11.0. The normalized spacial score (nSPS) is 39.4. The number of nitrogens with zero attached hydrogens (tertiary/aromatic N) is 2. The highest BCUT2D eigenvalue weighted by atomic mass is 15.4. The van der Waals surface area contributed by atoms with Crippen LogP contribution in [0.3, 0.4) is 0 Å². The Morgan fingerprint density at radius 3 is 2.89 bits per heavy atom. The highest BCUT2D eigenvalue weighted by Gasteiger charge is 2.54. The van der Waals surface area contributed by atoms with Gasteiger partial charge in [0.2, 0.25) is 0 Å². The van der Waals surface area contributed by atoms with Crippen LogP contribution < -0.4 is 5.32 Å². The third-order valence-electron chi connectivity index (χ3n) is 5.05. The van der Waals surface area contributed by atoms with E-state index < -0.39 is 0 Å². The van der Waals surface area contributed by atoms with Crippen molar-refractivity contribution in [2.75, 3.05) is 26.7 Å². The van der Waals surface area contributed by atoms with Crippen molar-refractivity contribution in [3.63, 3.8) is 0 Å². The lowest BCUT2D eigenvalue weighted by Crippen LogP contribution is -2.37. The topological polar surface area (TPSA) is 18.5 Å². The van der Waals surface area contributed by atoms with Crippen LogP contribution in [-0.2, 0) is 6.54 Å². The van der Waals surface area contributed by atoms with Crippen LogP contribution in [-0.4, -0.2) is 48.7 Å². The fourth-order valence-electron chi connectivity index (χ4n) is 4.34. The van der Waals surface area contributed by atoms with E-state index in [1.165, 1.54) is 25.2 Å². The Bertz CT molecular complexity index is 433. The number of hydrogen-bond acceptors (Lipinski definition) is 3. The second kappa shape index (κ2) is 4.05. The lowest BCUT2D eigenvalue weighted by molar-refractivity contribution is 0.211. The molecule has 1 unspecified atom stereocenters. The first-order chi connectivity index (χ1) is 8.83. The van der Waals surface area contributed by atoms with Gasteiger partial charge in [0.1, 0.15) is 0 Å². The van der Waals surface area contributed by atoms with Crippen LogP contribution in [0.4, 0.5) is 0 Å². The summed E-state index contributed by atoms with van der Waals surface area (Å²) in [4.78, 5) is 5.21. The van der Waals surface area contributed by atoms with Crippen LogP contribution in [0.1, 0.15) is 5.56 Å². The van der Waals surface area contributed by atoms with Gasteiger partial charge in [-0.2, -0.15) is 0 Å². The molecular weight excluding hydrogens is 222 g/mol. The molecule has 3 aliphatic heterocycles. The zero-order valence-electron chi connectivity index (χ0n) is 10.9. The fraction of sp³-hybridized carbons (Fsp3) is 0.600. The smallest absolute Gasteiger partial charge is 0.0643 e. The van der Waals surface area contributed by atoms with Crippen LogP contribution in [0.5, 0.6) is 0 Å². The number of benzene rings is 1. The van der Waals surface area contributed by atoms with Gasteiger partial charge in [-0.15, -0.1) is 0 Å². The van der Waals surface area contributed by atoms with Crippen LogP contribution in [0.25, 0.3) is 0 Å². The summed E-state index contributed by atoms with van der Waals surface area (Å²) in [7, 11) is 2.26. The van der Waals surface area contributed by atoms with E-state index in [-0.39, 0.29) is 0 Å². The van der Waals surface area contributed by atoms with Crippen LogP contribution in [0.15, 0.2) is 30.3 Å². The maximum absolute atomic E-state index is 3.70. The van der Waals surface area contributed by atoms with Crippen molar-refractivity contribution in [1.82, 2.24) is 15.1 Å². The van der Waals surface area contributed by atoms with Gasteiger partial charge in [0, 0.05) is 38.1 Å². The molecule has 4 atom stereocenters. The van der Waals surface area contributed by atoms with Crippen LogP contribution in [0.2, 0.25) is 0 Å². The zero-order valence-corrected chi connectivity index (χ0v) is 10.9. The van der Waals surface area contributed by atoms with Gasteiger partial charge in [-0.25, -0.2) is 0 Å². The Balaban J connectivity index is 1.53. The minimum absolute atomic E-state index is 0.640. The van der Waals surface area contributed by atoms with E-state index in [1.807, 2.05) is 0 Å². The van der Waals surface area contributed by atoms with Crippen LogP contribution in [0, 0.1) is 11.8 Å². The molecule has 0 saturated carbocycles. The Morgan fingerprint density at radius 1 is 1.22 bits per heavy atom. The summed E-state index contributed by atoms with van der Waals surface area (Å²) < 4.78 is 0. The molecule has 0 aromatic heterocycles. The molecule has 1 aromatic rings. The average molecular weight is 243 g/mol.